The number of hydrogen-bond acceptors (Lipinski definition) is 5. The third-order valence-corrected chi connectivity index (χ3v) is 4.62. The molecule has 28 heavy (non-hydrogen) atoms. The van der Waals surface area contributed by atoms with Crippen LogP contribution in [-0.2, 0) is 16.1 Å². The van der Waals surface area contributed by atoms with E-state index in [-0.39, 0.29) is 12.5 Å². The van der Waals surface area contributed by atoms with Crippen molar-refractivity contribution in [2.75, 3.05) is 0 Å². The van der Waals surface area contributed by atoms with Crippen molar-refractivity contribution in [3.05, 3.63) is 81.2 Å². The van der Waals surface area contributed by atoms with Gasteiger partial charge >= 0.3 is 11.6 Å². The summed E-state index contributed by atoms with van der Waals surface area (Å²) in [5.74, 6) is -0.948. The van der Waals surface area contributed by atoms with E-state index in [1.165, 1.54) is 6.07 Å². The smallest absolute Gasteiger partial charge is 0.336 e. The molecular weight excluding hydrogens is 358 g/mol. The minimum Gasteiger partial charge on any atom is -0.459 e. The second-order valence-electron chi connectivity index (χ2n) is 6.64. The standard InChI is InChI=1S/C22H21NO5/c1-13-9-10-18-17(11-19(24)28-20(18)14(13)2)12-27-22(26)15(3)23-21(25)16-7-5-4-6-8-16/h4-11,15H,12H2,1-3H3,(H,23,25)/t15-/m1/s1. The van der Waals surface area contributed by atoms with Gasteiger partial charge in [0.15, 0.2) is 0 Å². The number of ether oxygens (including phenoxy) is 1. The van der Waals surface area contributed by atoms with Gasteiger partial charge < -0.3 is 14.5 Å². The molecule has 0 aliphatic heterocycles. The summed E-state index contributed by atoms with van der Waals surface area (Å²) in [6.07, 6.45) is 0. The van der Waals surface area contributed by atoms with Crippen LogP contribution in [0.5, 0.6) is 0 Å². The quantitative estimate of drug-likeness (QED) is 0.543. The summed E-state index contributed by atoms with van der Waals surface area (Å²) in [4.78, 5) is 36.3. The molecule has 6 heteroatoms. The summed E-state index contributed by atoms with van der Waals surface area (Å²) < 4.78 is 10.6. The lowest BCUT2D eigenvalue weighted by Crippen LogP contribution is -2.39. The van der Waals surface area contributed by atoms with Crippen molar-refractivity contribution >= 4 is 22.8 Å². The average Bonchev–Trinajstić information content (AvgIpc) is 2.69. The van der Waals surface area contributed by atoms with E-state index in [1.54, 1.807) is 37.3 Å². The van der Waals surface area contributed by atoms with E-state index in [4.69, 9.17) is 9.15 Å². The Labute approximate surface area is 162 Å². The predicted molar refractivity (Wildman–Crippen MR) is 105 cm³/mol. The highest BCUT2D eigenvalue weighted by Gasteiger charge is 2.19. The number of carbonyl (C=O) groups is 2. The summed E-state index contributed by atoms with van der Waals surface area (Å²) in [6, 6.07) is 12.9. The molecule has 0 saturated heterocycles. The molecule has 0 aliphatic rings. The lowest BCUT2D eigenvalue weighted by atomic mass is 10.0. The zero-order valence-electron chi connectivity index (χ0n) is 15.9. The fourth-order valence-electron chi connectivity index (χ4n) is 2.85. The molecule has 1 heterocycles. The molecule has 2 aromatic carbocycles. The predicted octanol–water partition coefficient (Wildman–Crippen LogP) is 3.27. The van der Waals surface area contributed by atoms with Crippen LogP contribution in [0.2, 0.25) is 0 Å². The van der Waals surface area contributed by atoms with Gasteiger partial charge in [-0.2, -0.15) is 0 Å². The van der Waals surface area contributed by atoms with Crippen LogP contribution < -0.4 is 10.9 Å². The van der Waals surface area contributed by atoms with Crippen molar-refractivity contribution in [1.29, 1.82) is 0 Å². The maximum Gasteiger partial charge on any atom is 0.336 e. The summed E-state index contributed by atoms with van der Waals surface area (Å²) >= 11 is 0. The van der Waals surface area contributed by atoms with Crippen molar-refractivity contribution in [3.63, 3.8) is 0 Å². The maximum atomic E-state index is 12.3. The van der Waals surface area contributed by atoms with Gasteiger partial charge in [0.25, 0.3) is 5.91 Å². The maximum absolute atomic E-state index is 12.3. The van der Waals surface area contributed by atoms with Crippen LogP contribution in [0, 0.1) is 13.8 Å². The van der Waals surface area contributed by atoms with Gasteiger partial charge in [0.05, 0.1) is 0 Å². The summed E-state index contributed by atoms with van der Waals surface area (Å²) in [5.41, 5.74) is 2.87. The molecule has 3 rings (SSSR count). The second kappa shape index (κ2) is 8.08. The number of rotatable bonds is 5. The van der Waals surface area contributed by atoms with Gasteiger partial charge in [-0.25, -0.2) is 9.59 Å². The Bertz CT molecular complexity index is 1090. The normalized spacial score (nSPS) is 11.8. The first-order chi connectivity index (χ1) is 13.4. The van der Waals surface area contributed by atoms with Gasteiger partial charge in [-0.15, -0.1) is 0 Å². The molecule has 0 bridgehead atoms. The highest BCUT2D eigenvalue weighted by molar-refractivity contribution is 5.96. The Morgan fingerprint density at radius 2 is 1.82 bits per heavy atom. The number of fused-ring (bicyclic) bond motifs is 1. The molecule has 1 amide bonds. The Hall–Kier alpha value is -3.41. The van der Waals surface area contributed by atoms with Crippen molar-refractivity contribution in [3.8, 4) is 0 Å². The van der Waals surface area contributed by atoms with Crippen LogP contribution in [-0.4, -0.2) is 17.9 Å². The lowest BCUT2D eigenvalue weighted by Gasteiger charge is -2.14. The van der Waals surface area contributed by atoms with E-state index < -0.39 is 17.6 Å². The number of benzene rings is 2. The Kier molecular flexibility index (Phi) is 5.59. The summed E-state index contributed by atoms with van der Waals surface area (Å²) in [6.45, 7) is 5.26. The van der Waals surface area contributed by atoms with Crippen LogP contribution in [0.1, 0.15) is 34.0 Å². The van der Waals surface area contributed by atoms with Gasteiger partial charge in [-0.05, 0) is 44.0 Å². The Balaban J connectivity index is 1.71. The van der Waals surface area contributed by atoms with Crippen LogP contribution >= 0.6 is 0 Å². The molecular formula is C22H21NO5. The van der Waals surface area contributed by atoms with Crippen LogP contribution in [0.3, 0.4) is 0 Å². The number of nitrogens with one attached hydrogen (secondary N) is 1. The largest absolute Gasteiger partial charge is 0.459 e. The fraction of sp³-hybridized carbons (Fsp3) is 0.227. The molecule has 0 fully saturated rings. The molecule has 6 nitrogen and oxygen atoms in total. The molecule has 0 saturated carbocycles. The third-order valence-electron chi connectivity index (χ3n) is 4.62. The first-order valence-electron chi connectivity index (χ1n) is 8.92. The van der Waals surface area contributed by atoms with E-state index >= 15 is 0 Å². The fourth-order valence-corrected chi connectivity index (χ4v) is 2.85. The second-order valence-corrected chi connectivity index (χ2v) is 6.64. The van der Waals surface area contributed by atoms with Gasteiger partial charge in [-0.3, -0.25) is 4.79 Å². The SMILES string of the molecule is Cc1ccc2c(COC(=O)[C@@H](C)NC(=O)c3ccccc3)cc(=O)oc2c1C. The van der Waals surface area contributed by atoms with Crippen LogP contribution in [0.25, 0.3) is 11.0 Å². The van der Waals surface area contributed by atoms with Crippen molar-refractivity contribution < 1.29 is 18.7 Å². The first kappa shape index (κ1) is 19.4. The molecule has 0 unspecified atom stereocenters. The number of hydrogen-bond donors (Lipinski definition) is 1. The van der Waals surface area contributed by atoms with E-state index in [1.807, 2.05) is 26.0 Å². The van der Waals surface area contributed by atoms with Crippen molar-refractivity contribution in [2.24, 2.45) is 0 Å². The number of esters is 1. The minimum atomic E-state index is -0.830. The molecule has 0 aliphatic carbocycles. The number of aryl methyl sites for hydroxylation is 2. The Morgan fingerprint density at radius 1 is 1.11 bits per heavy atom. The summed E-state index contributed by atoms with van der Waals surface area (Å²) in [7, 11) is 0. The van der Waals surface area contributed by atoms with Crippen molar-refractivity contribution in [1.82, 2.24) is 5.32 Å². The van der Waals surface area contributed by atoms with E-state index in [9.17, 15) is 14.4 Å². The van der Waals surface area contributed by atoms with Crippen LogP contribution in [0.15, 0.2) is 57.7 Å². The average molecular weight is 379 g/mol. The monoisotopic (exact) mass is 379 g/mol. The van der Waals surface area contributed by atoms with E-state index in [0.29, 0.717) is 16.7 Å². The van der Waals surface area contributed by atoms with E-state index in [2.05, 4.69) is 5.32 Å². The third kappa shape index (κ3) is 4.11. The number of amides is 1. The first-order valence-corrected chi connectivity index (χ1v) is 8.92. The minimum absolute atomic E-state index is 0.0883. The van der Waals surface area contributed by atoms with Gasteiger partial charge in [-0.1, -0.05) is 30.3 Å². The van der Waals surface area contributed by atoms with Crippen molar-refractivity contribution in [2.45, 2.75) is 33.4 Å². The molecule has 0 radical (unpaired) electrons. The molecule has 144 valence electrons. The molecule has 1 N–H and O–H groups in total. The number of carbonyl (C=O) groups excluding carboxylic acids is 2. The van der Waals surface area contributed by atoms with Gasteiger partial charge in [0.1, 0.15) is 18.2 Å². The summed E-state index contributed by atoms with van der Waals surface area (Å²) in [5, 5.41) is 3.32. The highest BCUT2D eigenvalue weighted by atomic mass is 16.5. The van der Waals surface area contributed by atoms with Gasteiger partial charge in [0.2, 0.25) is 0 Å². The molecule has 3 aromatic rings. The van der Waals surface area contributed by atoms with E-state index in [0.717, 1.165) is 16.5 Å². The zero-order valence-corrected chi connectivity index (χ0v) is 15.9. The van der Waals surface area contributed by atoms with Crippen LogP contribution in [0.4, 0.5) is 0 Å². The lowest BCUT2D eigenvalue weighted by molar-refractivity contribution is -0.146. The Morgan fingerprint density at radius 3 is 2.54 bits per heavy atom. The molecule has 0 spiro atoms. The van der Waals surface area contributed by atoms with Gasteiger partial charge in [0, 0.05) is 22.6 Å². The molecule has 1 atom stereocenters. The zero-order chi connectivity index (χ0) is 20.3. The highest BCUT2D eigenvalue weighted by Crippen LogP contribution is 2.23. The topological polar surface area (TPSA) is 85.6 Å². The molecule has 1 aromatic heterocycles.